The van der Waals surface area contributed by atoms with Crippen LogP contribution < -0.4 is 0 Å². The van der Waals surface area contributed by atoms with E-state index in [1.54, 1.807) is 0 Å². The van der Waals surface area contributed by atoms with Crippen LogP contribution in [0.15, 0.2) is 83.6 Å². The van der Waals surface area contributed by atoms with Crippen molar-refractivity contribution in [2.45, 2.75) is 0 Å². The van der Waals surface area contributed by atoms with Gasteiger partial charge in [-0.25, -0.2) is 9.97 Å². The van der Waals surface area contributed by atoms with Crippen molar-refractivity contribution in [2.75, 3.05) is 0 Å². The lowest BCUT2D eigenvalue weighted by atomic mass is 10.0. The first-order valence-corrected chi connectivity index (χ1v) is 9.90. The molecule has 0 fully saturated rings. The maximum atomic E-state index is 4.61. The lowest BCUT2D eigenvalue weighted by Gasteiger charge is -2.06. The summed E-state index contributed by atoms with van der Waals surface area (Å²) >= 11 is 5.30. The topological polar surface area (TPSA) is 25.8 Å². The fourth-order valence-corrected chi connectivity index (χ4v) is 4.68. The molecule has 5 rings (SSSR count). The molecular weight excluding hydrogens is 404 g/mol. The van der Waals surface area contributed by atoms with E-state index in [1.807, 2.05) is 29.5 Å². The smallest absolute Gasteiger partial charge is 0.197 e. The maximum Gasteiger partial charge on any atom is 0.197 e. The summed E-state index contributed by atoms with van der Waals surface area (Å²) in [5.74, 6) is 0. The zero-order valence-corrected chi connectivity index (χ0v) is 16.1. The van der Waals surface area contributed by atoms with Crippen LogP contribution in [0.4, 0.5) is 0 Å². The van der Waals surface area contributed by atoms with Gasteiger partial charge in [0.1, 0.15) is 0 Å². The first-order valence-electron chi connectivity index (χ1n) is 8.30. The lowest BCUT2D eigenvalue weighted by Crippen LogP contribution is -1.92. The van der Waals surface area contributed by atoms with Crippen LogP contribution in [0.3, 0.4) is 0 Å². The van der Waals surface area contributed by atoms with Crippen LogP contribution in [-0.2, 0) is 0 Å². The number of hydrogen-bond acceptors (Lipinski definition) is 3. The number of aromatic nitrogens is 2. The van der Waals surface area contributed by atoms with Crippen LogP contribution in [0, 0.1) is 0 Å². The van der Waals surface area contributed by atoms with Gasteiger partial charge in [0.25, 0.3) is 0 Å². The molecule has 0 saturated carbocycles. The van der Waals surface area contributed by atoms with E-state index < -0.39 is 0 Å². The largest absolute Gasteiger partial charge is 0.222 e. The molecule has 26 heavy (non-hydrogen) atoms. The average Bonchev–Trinajstić information content (AvgIpc) is 3.06. The van der Waals surface area contributed by atoms with Gasteiger partial charge in [0.2, 0.25) is 0 Å². The summed E-state index contributed by atoms with van der Waals surface area (Å²) in [6.07, 6.45) is 0. The van der Waals surface area contributed by atoms with Gasteiger partial charge in [0.05, 0.1) is 11.4 Å². The SMILES string of the molecule is Brc1nc(-c2ccccc2)cc(-c2ccc3sc4ccccc4c3c2)n1. The molecule has 2 aromatic heterocycles. The Labute approximate surface area is 163 Å². The summed E-state index contributed by atoms with van der Waals surface area (Å²) in [4.78, 5) is 9.15. The Balaban J connectivity index is 1.70. The first kappa shape index (κ1) is 15.7. The molecule has 0 bridgehead atoms. The monoisotopic (exact) mass is 416 g/mol. The molecule has 0 aliphatic heterocycles. The van der Waals surface area contributed by atoms with Gasteiger partial charge in [-0.2, -0.15) is 0 Å². The van der Waals surface area contributed by atoms with Gasteiger partial charge in [-0.3, -0.25) is 0 Å². The van der Waals surface area contributed by atoms with Gasteiger partial charge in [0, 0.05) is 31.3 Å². The van der Waals surface area contributed by atoms with E-state index in [0.29, 0.717) is 4.73 Å². The Kier molecular flexibility index (Phi) is 3.80. The Morgan fingerprint density at radius 3 is 2.15 bits per heavy atom. The Morgan fingerprint density at radius 1 is 0.615 bits per heavy atom. The fourth-order valence-electron chi connectivity index (χ4n) is 3.21. The van der Waals surface area contributed by atoms with E-state index in [9.17, 15) is 0 Å². The second kappa shape index (κ2) is 6.31. The third-order valence-corrected chi connectivity index (χ3v) is 5.95. The molecule has 0 unspecified atom stereocenters. The van der Waals surface area contributed by atoms with Crippen LogP contribution in [0.1, 0.15) is 0 Å². The van der Waals surface area contributed by atoms with Crippen molar-refractivity contribution in [2.24, 2.45) is 0 Å². The van der Waals surface area contributed by atoms with Crippen molar-refractivity contribution in [1.82, 2.24) is 9.97 Å². The molecular formula is C22H13BrN2S. The van der Waals surface area contributed by atoms with Gasteiger partial charge < -0.3 is 0 Å². The van der Waals surface area contributed by atoms with E-state index in [4.69, 9.17) is 0 Å². The second-order valence-corrected chi connectivity index (χ2v) is 7.88. The van der Waals surface area contributed by atoms with Crippen LogP contribution in [0.2, 0.25) is 0 Å². The van der Waals surface area contributed by atoms with Crippen molar-refractivity contribution >= 4 is 47.4 Å². The third-order valence-electron chi connectivity index (χ3n) is 4.44. The molecule has 2 nitrogen and oxygen atoms in total. The van der Waals surface area contributed by atoms with Crippen molar-refractivity contribution in [1.29, 1.82) is 0 Å². The van der Waals surface area contributed by atoms with E-state index in [1.165, 1.54) is 20.2 Å². The second-order valence-electron chi connectivity index (χ2n) is 6.08. The first-order chi connectivity index (χ1) is 12.8. The highest BCUT2D eigenvalue weighted by Crippen LogP contribution is 2.36. The van der Waals surface area contributed by atoms with Gasteiger partial charge in [-0.1, -0.05) is 54.6 Å². The lowest BCUT2D eigenvalue weighted by molar-refractivity contribution is 1.12. The number of hydrogen-bond donors (Lipinski definition) is 0. The van der Waals surface area contributed by atoms with Crippen molar-refractivity contribution in [3.8, 4) is 22.5 Å². The molecule has 0 N–H and O–H groups in total. The number of rotatable bonds is 2. The zero-order chi connectivity index (χ0) is 17.5. The van der Waals surface area contributed by atoms with Crippen LogP contribution in [-0.4, -0.2) is 9.97 Å². The molecule has 0 saturated heterocycles. The third kappa shape index (κ3) is 2.71. The van der Waals surface area contributed by atoms with Crippen molar-refractivity contribution in [3.63, 3.8) is 0 Å². The highest BCUT2D eigenvalue weighted by molar-refractivity contribution is 9.10. The quantitative estimate of drug-likeness (QED) is 0.291. The van der Waals surface area contributed by atoms with Crippen LogP contribution >= 0.6 is 27.3 Å². The Hall–Kier alpha value is -2.56. The highest BCUT2D eigenvalue weighted by atomic mass is 79.9. The van der Waals surface area contributed by atoms with Crippen molar-refractivity contribution < 1.29 is 0 Å². The number of fused-ring (bicyclic) bond motifs is 3. The Morgan fingerprint density at radius 2 is 1.31 bits per heavy atom. The number of benzene rings is 3. The van der Waals surface area contributed by atoms with E-state index in [-0.39, 0.29) is 0 Å². The minimum absolute atomic E-state index is 0.601. The number of thiophene rings is 1. The summed E-state index contributed by atoms with van der Waals surface area (Å²) in [6.45, 7) is 0. The molecule has 0 spiro atoms. The summed E-state index contributed by atoms with van der Waals surface area (Å²) in [7, 11) is 0. The summed E-state index contributed by atoms with van der Waals surface area (Å²) in [5, 5.41) is 2.57. The maximum absolute atomic E-state index is 4.61. The molecule has 0 amide bonds. The van der Waals surface area contributed by atoms with Gasteiger partial charge in [0.15, 0.2) is 4.73 Å². The molecule has 4 heteroatoms. The minimum Gasteiger partial charge on any atom is -0.222 e. The standard InChI is InChI=1S/C22H13BrN2S/c23-22-24-18(14-6-2-1-3-7-14)13-19(25-22)15-10-11-21-17(12-15)16-8-4-5-9-20(16)26-21/h1-13H. The molecule has 2 heterocycles. The normalized spacial score (nSPS) is 11.3. The Bertz CT molecular complexity index is 1250. The fraction of sp³-hybridized carbons (Fsp3) is 0. The molecule has 3 aromatic carbocycles. The minimum atomic E-state index is 0.601. The number of nitrogens with zero attached hydrogens (tertiary/aromatic N) is 2. The molecule has 0 aliphatic rings. The van der Waals surface area contributed by atoms with Gasteiger partial charge in [-0.15, -0.1) is 11.3 Å². The predicted molar refractivity (Wildman–Crippen MR) is 113 cm³/mol. The van der Waals surface area contributed by atoms with Gasteiger partial charge in [-0.05, 0) is 40.2 Å². The summed E-state index contributed by atoms with van der Waals surface area (Å²) < 4.78 is 3.21. The highest BCUT2D eigenvalue weighted by Gasteiger charge is 2.10. The van der Waals surface area contributed by atoms with Crippen LogP contribution in [0.25, 0.3) is 42.7 Å². The number of halogens is 1. The molecule has 124 valence electrons. The molecule has 0 atom stereocenters. The molecule has 0 aliphatic carbocycles. The molecule has 0 radical (unpaired) electrons. The zero-order valence-electron chi connectivity index (χ0n) is 13.7. The van der Waals surface area contributed by atoms with E-state index >= 15 is 0 Å². The van der Waals surface area contributed by atoms with E-state index in [2.05, 4.69) is 86.6 Å². The average molecular weight is 417 g/mol. The summed E-state index contributed by atoms with van der Waals surface area (Å²) in [5.41, 5.74) is 4.01. The molecule has 5 aromatic rings. The van der Waals surface area contributed by atoms with E-state index in [0.717, 1.165) is 22.5 Å². The van der Waals surface area contributed by atoms with Crippen LogP contribution in [0.5, 0.6) is 0 Å². The van der Waals surface area contributed by atoms with Crippen molar-refractivity contribution in [3.05, 3.63) is 83.6 Å². The van der Waals surface area contributed by atoms with Gasteiger partial charge >= 0.3 is 0 Å². The summed E-state index contributed by atoms with van der Waals surface area (Å²) in [6, 6.07) is 27.3. The predicted octanol–water partition coefficient (Wildman–Crippen LogP) is 6.94.